The lowest BCUT2D eigenvalue weighted by Crippen LogP contribution is -2.10. The molecule has 0 saturated heterocycles. The lowest BCUT2D eigenvalue weighted by atomic mass is 10.1. The summed E-state index contributed by atoms with van der Waals surface area (Å²) in [4.78, 5) is 0. The van der Waals surface area contributed by atoms with Gasteiger partial charge in [0.15, 0.2) is 0 Å². The van der Waals surface area contributed by atoms with Crippen molar-refractivity contribution < 1.29 is 13.6 Å². The zero-order valence-electron chi connectivity index (χ0n) is 11.8. The van der Waals surface area contributed by atoms with Crippen LogP contribution in [0.3, 0.4) is 0 Å². The van der Waals surface area contributed by atoms with E-state index in [1.54, 1.807) is 6.07 Å². The predicted octanol–water partition coefficient (Wildman–Crippen LogP) is 4.25. The Balaban J connectivity index is 2.41. The second-order valence-corrected chi connectivity index (χ2v) is 6.28. The molecule has 3 nitrogen and oxygen atoms in total. The summed E-state index contributed by atoms with van der Waals surface area (Å²) in [7, 11) is -3.22. The van der Waals surface area contributed by atoms with Gasteiger partial charge >= 0.3 is 7.60 Å². The quantitative estimate of drug-likeness (QED) is 0.746. The van der Waals surface area contributed by atoms with E-state index >= 15 is 0 Å². The van der Waals surface area contributed by atoms with Crippen molar-refractivity contribution in [2.45, 2.75) is 13.8 Å². The molecule has 0 aliphatic heterocycles. The zero-order valence-corrected chi connectivity index (χ0v) is 12.7. The first-order valence-electron chi connectivity index (χ1n) is 6.74. The van der Waals surface area contributed by atoms with Crippen LogP contribution in [0.4, 0.5) is 0 Å². The Kier molecular flexibility index (Phi) is 5.13. The molecule has 4 heteroatoms. The van der Waals surface area contributed by atoms with Crippen molar-refractivity contribution in [3.05, 3.63) is 54.6 Å². The Morgan fingerprint density at radius 1 is 0.850 bits per heavy atom. The van der Waals surface area contributed by atoms with Gasteiger partial charge in [-0.25, -0.2) is 0 Å². The monoisotopic (exact) mass is 290 g/mol. The third-order valence-corrected chi connectivity index (χ3v) is 4.97. The first-order chi connectivity index (χ1) is 9.69. The molecule has 0 unspecified atom stereocenters. The Hall–Kier alpha value is -1.41. The van der Waals surface area contributed by atoms with Crippen molar-refractivity contribution in [1.29, 1.82) is 0 Å². The number of hydrogen-bond acceptors (Lipinski definition) is 3. The van der Waals surface area contributed by atoms with Gasteiger partial charge in [-0.1, -0.05) is 42.5 Å². The molecular formula is C16H19O3P. The largest absolute Gasteiger partial charge is 0.361 e. The maximum Gasteiger partial charge on any atom is 0.361 e. The Labute approximate surface area is 120 Å². The summed E-state index contributed by atoms with van der Waals surface area (Å²) < 4.78 is 23.5. The van der Waals surface area contributed by atoms with Crippen molar-refractivity contribution in [3.8, 4) is 11.1 Å². The van der Waals surface area contributed by atoms with Crippen molar-refractivity contribution in [3.63, 3.8) is 0 Å². The highest BCUT2D eigenvalue weighted by Gasteiger charge is 2.26. The van der Waals surface area contributed by atoms with Gasteiger partial charge in [-0.3, -0.25) is 4.57 Å². The van der Waals surface area contributed by atoms with E-state index in [2.05, 4.69) is 0 Å². The second kappa shape index (κ2) is 6.85. The minimum atomic E-state index is -3.22. The average Bonchev–Trinajstić information content (AvgIpc) is 2.49. The van der Waals surface area contributed by atoms with E-state index in [0.717, 1.165) is 11.1 Å². The summed E-state index contributed by atoms with van der Waals surface area (Å²) in [5, 5.41) is 0.600. The summed E-state index contributed by atoms with van der Waals surface area (Å²) in [5.41, 5.74) is 2.08. The summed E-state index contributed by atoms with van der Waals surface area (Å²) >= 11 is 0. The van der Waals surface area contributed by atoms with Crippen LogP contribution in [0.5, 0.6) is 0 Å². The second-order valence-electron chi connectivity index (χ2n) is 4.25. The van der Waals surface area contributed by atoms with Gasteiger partial charge in [-0.2, -0.15) is 0 Å². The smallest absolute Gasteiger partial charge is 0.305 e. The van der Waals surface area contributed by atoms with Gasteiger partial charge in [-0.15, -0.1) is 0 Å². The van der Waals surface area contributed by atoms with Crippen LogP contribution in [0, 0.1) is 0 Å². The molecule has 0 spiro atoms. The molecule has 0 fully saturated rings. The Bertz CT molecular complexity index is 586. The van der Waals surface area contributed by atoms with Gasteiger partial charge in [0.05, 0.1) is 18.5 Å². The normalized spacial score (nSPS) is 11.5. The molecule has 20 heavy (non-hydrogen) atoms. The van der Waals surface area contributed by atoms with E-state index in [0.29, 0.717) is 18.5 Å². The first-order valence-corrected chi connectivity index (χ1v) is 8.29. The third-order valence-electron chi connectivity index (χ3n) is 2.87. The summed E-state index contributed by atoms with van der Waals surface area (Å²) in [5.74, 6) is 0. The van der Waals surface area contributed by atoms with Crippen LogP contribution in [0.1, 0.15) is 13.8 Å². The molecule has 2 aromatic carbocycles. The highest BCUT2D eigenvalue weighted by atomic mass is 31.2. The third kappa shape index (κ3) is 3.37. The molecule has 2 rings (SSSR count). The predicted molar refractivity (Wildman–Crippen MR) is 82.4 cm³/mol. The fourth-order valence-corrected chi connectivity index (χ4v) is 3.63. The average molecular weight is 290 g/mol. The van der Waals surface area contributed by atoms with Gasteiger partial charge in [0, 0.05) is 0 Å². The fourth-order valence-electron chi connectivity index (χ4n) is 2.01. The molecule has 0 bridgehead atoms. The first kappa shape index (κ1) is 15.0. The van der Waals surface area contributed by atoms with Crippen LogP contribution in [-0.4, -0.2) is 13.2 Å². The van der Waals surface area contributed by atoms with E-state index in [9.17, 15) is 4.57 Å². The Morgan fingerprint density at radius 2 is 1.45 bits per heavy atom. The van der Waals surface area contributed by atoms with Crippen LogP contribution in [0.2, 0.25) is 0 Å². The molecule has 0 saturated carbocycles. The molecule has 106 valence electrons. The van der Waals surface area contributed by atoms with E-state index in [-0.39, 0.29) is 0 Å². The summed E-state index contributed by atoms with van der Waals surface area (Å²) in [6.45, 7) is 4.33. The highest BCUT2D eigenvalue weighted by Crippen LogP contribution is 2.47. The van der Waals surface area contributed by atoms with Gasteiger partial charge in [-0.05, 0) is 37.1 Å². The topological polar surface area (TPSA) is 35.5 Å². The van der Waals surface area contributed by atoms with Gasteiger partial charge < -0.3 is 9.05 Å². The van der Waals surface area contributed by atoms with E-state index in [4.69, 9.17) is 9.05 Å². The maximum atomic E-state index is 12.8. The van der Waals surface area contributed by atoms with E-state index in [1.807, 2.05) is 62.4 Å². The summed E-state index contributed by atoms with van der Waals surface area (Å²) in [6, 6.07) is 17.5. The number of hydrogen-bond donors (Lipinski definition) is 0. The van der Waals surface area contributed by atoms with Crippen molar-refractivity contribution >= 4 is 12.9 Å². The Morgan fingerprint density at radius 3 is 2.05 bits per heavy atom. The standard InChI is InChI=1S/C16H19O3P/c1-3-18-20(17,19-4-2)16-12-8-11-15(13-16)14-9-6-5-7-10-14/h5-13H,3-4H2,1-2H3. The SMILES string of the molecule is CCOP(=O)(OCC)c1cccc(-c2ccccc2)c1. The minimum Gasteiger partial charge on any atom is -0.305 e. The maximum absolute atomic E-state index is 12.8. The lowest BCUT2D eigenvalue weighted by molar-refractivity contribution is 0.230. The van der Waals surface area contributed by atoms with Gasteiger partial charge in [0.25, 0.3) is 0 Å². The molecule has 0 amide bonds. The van der Waals surface area contributed by atoms with Crippen LogP contribution in [0.25, 0.3) is 11.1 Å². The molecule has 0 heterocycles. The van der Waals surface area contributed by atoms with Crippen molar-refractivity contribution in [1.82, 2.24) is 0 Å². The van der Waals surface area contributed by atoms with Gasteiger partial charge in [0.1, 0.15) is 0 Å². The van der Waals surface area contributed by atoms with Crippen LogP contribution < -0.4 is 5.30 Å². The van der Waals surface area contributed by atoms with E-state index in [1.165, 1.54) is 0 Å². The van der Waals surface area contributed by atoms with Crippen molar-refractivity contribution in [2.75, 3.05) is 13.2 Å². The molecular weight excluding hydrogens is 271 g/mol. The van der Waals surface area contributed by atoms with Gasteiger partial charge in [0.2, 0.25) is 0 Å². The van der Waals surface area contributed by atoms with Crippen molar-refractivity contribution in [2.24, 2.45) is 0 Å². The lowest BCUT2D eigenvalue weighted by Gasteiger charge is -2.17. The number of rotatable bonds is 6. The van der Waals surface area contributed by atoms with E-state index < -0.39 is 7.60 Å². The molecule has 0 aliphatic carbocycles. The molecule has 0 atom stereocenters. The van der Waals surface area contributed by atoms with Crippen LogP contribution in [0.15, 0.2) is 54.6 Å². The fraction of sp³-hybridized carbons (Fsp3) is 0.250. The van der Waals surface area contributed by atoms with Crippen LogP contribution >= 0.6 is 7.60 Å². The molecule has 0 aromatic heterocycles. The number of benzene rings is 2. The zero-order chi connectivity index (χ0) is 14.4. The summed E-state index contributed by atoms with van der Waals surface area (Å²) in [6.07, 6.45) is 0. The molecule has 2 aromatic rings. The molecule has 0 N–H and O–H groups in total. The highest BCUT2D eigenvalue weighted by molar-refractivity contribution is 7.62. The molecule has 0 aliphatic rings. The minimum absolute atomic E-state index is 0.354. The molecule has 0 radical (unpaired) electrons. The van der Waals surface area contributed by atoms with Crippen LogP contribution in [-0.2, 0) is 13.6 Å².